The highest BCUT2D eigenvalue weighted by atomic mass is 35.5. The smallest absolute Gasteiger partial charge is 0.324 e. The summed E-state index contributed by atoms with van der Waals surface area (Å²) in [4.78, 5) is 11.3. The number of carbonyl (C=O) groups is 1. The molecule has 1 aromatic rings. The lowest BCUT2D eigenvalue weighted by Gasteiger charge is -2.20. The van der Waals surface area contributed by atoms with E-state index in [2.05, 4.69) is 22.9 Å². The summed E-state index contributed by atoms with van der Waals surface area (Å²) in [6, 6.07) is 6.31. The van der Waals surface area contributed by atoms with Crippen molar-refractivity contribution in [1.29, 1.82) is 0 Å². The Labute approximate surface area is 107 Å². The van der Waals surface area contributed by atoms with Crippen molar-refractivity contribution in [2.45, 2.75) is 37.5 Å². The number of hydrogen-bond acceptors (Lipinski definition) is 2. The first kappa shape index (κ1) is 12.4. The van der Waals surface area contributed by atoms with E-state index in [0.717, 1.165) is 12.8 Å². The van der Waals surface area contributed by atoms with Gasteiger partial charge in [-0.1, -0.05) is 18.2 Å². The molecule has 92 valence electrons. The number of ether oxygens (including phenoxy) is 1. The first-order valence-corrected chi connectivity index (χ1v) is 6.47. The molecule has 2 nitrogen and oxygen atoms in total. The summed E-state index contributed by atoms with van der Waals surface area (Å²) in [5.74, 6) is -0.347. The van der Waals surface area contributed by atoms with Crippen molar-refractivity contribution < 1.29 is 9.53 Å². The third kappa shape index (κ3) is 2.81. The minimum absolute atomic E-state index is 0.347. The second-order valence-corrected chi connectivity index (χ2v) is 4.98. The van der Waals surface area contributed by atoms with Crippen molar-refractivity contribution in [1.82, 2.24) is 0 Å². The fraction of sp³-hybridized carbons (Fsp3) is 0.500. The first-order valence-electron chi connectivity index (χ1n) is 6.04. The van der Waals surface area contributed by atoms with Crippen molar-refractivity contribution in [3.63, 3.8) is 0 Å². The monoisotopic (exact) mass is 252 g/mol. The molecule has 0 saturated carbocycles. The van der Waals surface area contributed by atoms with E-state index in [1.807, 2.05) is 0 Å². The van der Waals surface area contributed by atoms with Gasteiger partial charge in [-0.15, -0.1) is 11.6 Å². The van der Waals surface area contributed by atoms with Gasteiger partial charge in [-0.2, -0.15) is 0 Å². The van der Waals surface area contributed by atoms with Gasteiger partial charge in [-0.05, 0) is 48.8 Å². The van der Waals surface area contributed by atoms with Crippen LogP contribution in [-0.4, -0.2) is 18.5 Å². The zero-order chi connectivity index (χ0) is 12.3. The van der Waals surface area contributed by atoms with Gasteiger partial charge in [0.05, 0.1) is 7.11 Å². The molecular weight excluding hydrogens is 236 g/mol. The summed E-state index contributed by atoms with van der Waals surface area (Å²) >= 11 is 6.03. The summed E-state index contributed by atoms with van der Waals surface area (Å²) in [7, 11) is 1.37. The Morgan fingerprint density at radius 2 is 2.18 bits per heavy atom. The van der Waals surface area contributed by atoms with E-state index in [0.29, 0.717) is 6.42 Å². The fourth-order valence-corrected chi connectivity index (χ4v) is 2.71. The van der Waals surface area contributed by atoms with Crippen molar-refractivity contribution in [2.24, 2.45) is 0 Å². The van der Waals surface area contributed by atoms with Crippen LogP contribution in [0.25, 0.3) is 0 Å². The molecule has 0 amide bonds. The molecule has 1 aliphatic carbocycles. The predicted octanol–water partition coefficient (Wildman–Crippen LogP) is 2.89. The number of alkyl halides is 1. The Balaban J connectivity index is 2.18. The molecule has 0 heterocycles. The van der Waals surface area contributed by atoms with Gasteiger partial charge in [0.15, 0.2) is 0 Å². The van der Waals surface area contributed by atoms with Gasteiger partial charge in [-0.25, -0.2) is 0 Å². The highest BCUT2D eigenvalue weighted by Gasteiger charge is 2.20. The van der Waals surface area contributed by atoms with Crippen molar-refractivity contribution >= 4 is 17.6 Å². The summed E-state index contributed by atoms with van der Waals surface area (Å²) in [5, 5.41) is -0.576. The topological polar surface area (TPSA) is 26.3 Å². The lowest BCUT2D eigenvalue weighted by atomic mass is 9.87. The Morgan fingerprint density at radius 1 is 1.41 bits per heavy atom. The number of methoxy groups -OCH3 is 1. The van der Waals surface area contributed by atoms with Crippen LogP contribution in [0, 0.1) is 0 Å². The molecule has 0 radical (unpaired) electrons. The SMILES string of the molecule is COC(=O)C(Cl)Cc1cccc2c1CCCC2. The molecule has 1 atom stereocenters. The second kappa shape index (κ2) is 5.54. The lowest BCUT2D eigenvalue weighted by molar-refractivity contribution is -0.140. The third-order valence-electron chi connectivity index (χ3n) is 3.35. The number of fused-ring (bicyclic) bond motifs is 1. The number of halogens is 1. The molecule has 1 aliphatic rings. The van der Waals surface area contributed by atoms with E-state index in [1.165, 1.54) is 36.6 Å². The van der Waals surface area contributed by atoms with Crippen LogP contribution < -0.4 is 0 Å². The standard InChI is InChI=1S/C14H17ClO2/c1-17-14(16)13(15)9-11-7-4-6-10-5-2-3-8-12(10)11/h4,6-7,13H,2-3,5,8-9H2,1H3. The average molecular weight is 253 g/mol. The van der Waals surface area contributed by atoms with E-state index in [1.54, 1.807) is 0 Å². The van der Waals surface area contributed by atoms with Crippen LogP contribution in [0.2, 0.25) is 0 Å². The molecule has 0 N–H and O–H groups in total. The third-order valence-corrected chi connectivity index (χ3v) is 3.68. The minimum Gasteiger partial charge on any atom is -0.468 e. The normalized spacial score (nSPS) is 16.1. The number of esters is 1. The van der Waals surface area contributed by atoms with E-state index in [9.17, 15) is 4.79 Å². The first-order chi connectivity index (χ1) is 8.22. The van der Waals surface area contributed by atoms with Crippen LogP contribution in [0.15, 0.2) is 18.2 Å². The van der Waals surface area contributed by atoms with Crippen molar-refractivity contribution in [2.75, 3.05) is 7.11 Å². The molecule has 3 heteroatoms. The molecular formula is C14H17ClO2. The number of benzene rings is 1. The maximum atomic E-state index is 11.3. The maximum absolute atomic E-state index is 11.3. The molecule has 17 heavy (non-hydrogen) atoms. The molecule has 0 aliphatic heterocycles. The van der Waals surface area contributed by atoms with Gasteiger partial charge >= 0.3 is 5.97 Å². The molecule has 0 aromatic heterocycles. The summed E-state index contributed by atoms with van der Waals surface area (Å²) in [5.41, 5.74) is 4.02. The van der Waals surface area contributed by atoms with Crippen LogP contribution in [0.5, 0.6) is 0 Å². The largest absolute Gasteiger partial charge is 0.468 e. The Morgan fingerprint density at radius 3 is 2.94 bits per heavy atom. The Bertz CT molecular complexity index is 415. The van der Waals surface area contributed by atoms with Gasteiger partial charge in [0.2, 0.25) is 0 Å². The molecule has 0 saturated heterocycles. The molecule has 0 fully saturated rings. The predicted molar refractivity (Wildman–Crippen MR) is 68.4 cm³/mol. The fourth-order valence-electron chi connectivity index (χ4n) is 2.46. The minimum atomic E-state index is -0.576. The highest BCUT2D eigenvalue weighted by Crippen LogP contribution is 2.26. The second-order valence-electron chi connectivity index (χ2n) is 4.46. The summed E-state index contributed by atoms with van der Waals surface area (Å²) in [6.07, 6.45) is 5.31. The summed E-state index contributed by atoms with van der Waals surface area (Å²) < 4.78 is 4.66. The summed E-state index contributed by atoms with van der Waals surface area (Å²) in [6.45, 7) is 0. The van der Waals surface area contributed by atoms with Gasteiger partial charge < -0.3 is 4.74 Å². The highest BCUT2D eigenvalue weighted by molar-refractivity contribution is 6.30. The number of rotatable bonds is 3. The van der Waals surface area contributed by atoms with E-state index < -0.39 is 5.38 Å². The van der Waals surface area contributed by atoms with Gasteiger partial charge in [0, 0.05) is 0 Å². The number of aryl methyl sites for hydroxylation is 1. The maximum Gasteiger partial charge on any atom is 0.324 e. The Kier molecular flexibility index (Phi) is 4.06. The Hall–Kier alpha value is -1.02. The number of hydrogen-bond donors (Lipinski definition) is 0. The van der Waals surface area contributed by atoms with Gasteiger partial charge in [-0.3, -0.25) is 4.79 Å². The van der Waals surface area contributed by atoms with E-state index >= 15 is 0 Å². The molecule has 2 rings (SSSR count). The molecule has 0 bridgehead atoms. The molecule has 1 unspecified atom stereocenters. The quantitative estimate of drug-likeness (QED) is 0.611. The van der Waals surface area contributed by atoms with Crippen LogP contribution in [0.4, 0.5) is 0 Å². The van der Waals surface area contributed by atoms with Crippen LogP contribution in [0.3, 0.4) is 0 Å². The van der Waals surface area contributed by atoms with Crippen LogP contribution >= 0.6 is 11.6 Å². The van der Waals surface area contributed by atoms with Gasteiger partial charge in [0.25, 0.3) is 0 Å². The van der Waals surface area contributed by atoms with Crippen molar-refractivity contribution in [3.8, 4) is 0 Å². The van der Waals surface area contributed by atoms with Crippen LogP contribution in [0.1, 0.15) is 29.5 Å². The zero-order valence-electron chi connectivity index (χ0n) is 10.0. The number of carbonyl (C=O) groups excluding carboxylic acids is 1. The van der Waals surface area contributed by atoms with E-state index in [4.69, 9.17) is 11.6 Å². The molecule has 0 spiro atoms. The average Bonchev–Trinajstić information content (AvgIpc) is 2.38. The van der Waals surface area contributed by atoms with E-state index in [-0.39, 0.29) is 5.97 Å². The lowest BCUT2D eigenvalue weighted by Crippen LogP contribution is -2.20. The van der Waals surface area contributed by atoms with Crippen LogP contribution in [-0.2, 0) is 28.8 Å². The van der Waals surface area contributed by atoms with Gasteiger partial charge in [0.1, 0.15) is 5.38 Å². The zero-order valence-corrected chi connectivity index (χ0v) is 10.8. The van der Waals surface area contributed by atoms with Crippen molar-refractivity contribution in [3.05, 3.63) is 34.9 Å². The molecule has 1 aromatic carbocycles.